The van der Waals surface area contributed by atoms with Gasteiger partial charge in [-0.05, 0) is 43.3 Å². The number of hydrogen-bond acceptors (Lipinski definition) is 5. The van der Waals surface area contributed by atoms with Crippen molar-refractivity contribution >= 4 is 28.9 Å². The third-order valence-corrected chi connectivity index (χ3v) is 6.13. The third-order valence-electron chi connectivity index (χ3n) is 6.13. The molecular weight excluding hydrogens is 454 g/mol. The van der Waals surface area contributed by atoms with E-state index in [1.54, 1.807) is 31.3 Å². The first-order valence-electron chi connectivity index (χ1n) is 11.2. The van der Waals surface area contributed by atoms with Crippen molar-refractivity contribution in [3.05, 3.63) is 71.9 Å². The van der Waals surface area contributed by atoms with Crippen LogP contribution in [0.3, 0.4) is 0 Å². The molecule has 0 aliphatic carbocycles. The maximum atomic E-state index is 14.1. The van der Waals surface area contributed by atoms with E-state index in [9.17, 15) is 18.4 Å². The van der Waals surface area contributed by atoms with Crippen LogP contribution in [0, 0.1) is 5.92 Å². The number of carbonyl (C=O) groups excluding carboxylic acids is 2. The zero-order chi connectivity index (χ0) is 24.7. The fourth-order valence-corrected chi connectivity index (χ4v) is 4.21. The normalized spacial score (nSPS) is 16.8. The quantitative estimate of drug-likeness (QED) is 0.518. The van der Waals surface area contributed by atoms with E-state index in [2.05, 4.69) is 15.4 Å². The summed E-state index contributed by atoms with van der Waals surface area (Å²) >= 11 is 0. The van der Waals surface area contributed by atoms with Gasteiger partial charge in [-0.1, -0.05) is 25.1 Å². The molecular formula is C26H22F2N4O3. The van der Waals surface area contributed by atoms with Crippen LogP contribution in [0.5, 0.6) is 5.75 Å². The van der Waals surface area contributed by atoms with Gasteiger partial charge in [0.25, 0.3) is 11.8 Å². The first kappa shape index (κ1) is 22.6. The Labute approximate surface area is 200 Å². The number of anilines is 2. The molecule has 1 aromatic heterocycles. The van der Waals surface area contributed by atoms with Crippen molar-refractivity contribution < 1.29 is 23.1 Å². The Kier molecular flexibility index (Phi) is 5.55. The van der Waals surface area contributed by atoms with E-state index >= 15 is 0 Å². The standard InChI is InChI=1S/C26H22F2N4O3/c1-3-26(27,28)17-7-4-8-18(12-17)30-24(33)22-15(2)31-32(25(22)34)19-9-10-21-20(13-19)23-16(14-35-21)6-5-11-29-23/h4-13,22H,3,14H2,1-2H3,(H,30,33). The number of benzene rings is 2. The topological polar surface area (TPSA) is 83.9 Å². The molecule has 5 rings (SSSR count). The molecule has 2 aliphatic rings. The molecule has 2 aromatic carbocycles. The van der Waals surface area contributed by atoms with E-state index in [1.165, 1.54) is 36.2 Å². The number of fused-ring (bicyclic) bond motifs is 3. The van der Waals surface area contributed by atoms with Crippen molar-refractivity contribution in [1.82, 2.24) is 4.98 Å². The van der Waals surface area contributed by atoms with Crippen LogP contribution in [-0.4, -0.2) is 22.5 Å². The molecule has 1 unspecified atom stereocenters. The number of amides is 2. The monoisotopic (exact) mass is 476 g/mol. The van der Waals surface area contributed by atoms with Gasteiger partial charge in [0, 0.05) is 35.0 Å². The van der Waals surface area contributed by atoms with Crippen LogP contribution in [0.2, 0.25) is 0 Å². The summed E-state index contributed by atoms with van der Waals surface area (Å²) in [6.07, 6.45) is 1.33. The van der Waals surface area contributed by atoms with Gasteiger partial charge in [-0.3, -0.25) is 14.6 Å². The van der Waals surface area contributed by atoms with Gasteiger partial charge in [0.1, 0.15) is 12.4 Å². The molecule has 2 amide bonds. The first-order valence-corrected chi connectivity index (χ1v) is 11.2. The number of carbonyl (C=O) groups is 2. The molecule has 35 heavy (non-hydrogen) atoms. The van der Waals surface area contributed by atoms with Crippen LogP contribution in [0.4, 0.5) is 20.2 Å². The zero-order valence-electron chi connectivity index (χ0n) is 19.1. The molecule has 2 aliphatic heterocycles. The maximum Gasteiger partial charge on any atom is 0.273 e. The molecule has 0 spiro atoms. The Morgan fingerprint density at radius 1 is 1.20 bits per heavy atom. The lowest BCUT2D eigenvalue weighted by Crippen LogP contribution is -2.36. The molecule has 0 radical (unpaired) electrons. The number of nitrogens with one attached hydrogen (secondary N) is 1. The fourth-order valence-electron chi connectivity index (χ4n) is 4.21. The van der Waals surface area contributed by atoms with Gasteiger partial charge < -0.3 is 10.1 Å². The average molecular weight is 476 g/mol. The van der Waals surface area contributed by atoms with E-state index in [1.807, 2.05) is 12.1 Å². The molecule has 0 saturated carbocycles. The lowest BCUT2D eigenvalue weighted by Gasteiger charge is -2.22. The summed E-state index contributed by atoms with van der Waals surface area (Å²) in [5.41, 5.74) is 3.18. The molecule has 0 saturated heterocycles. The van der Waals surface area contributed by atoms with E-state index < -0.39 is 23.7 Å². The Hall–Kier alpha value is -4.14. The Balaban J connectivity index is 1.39. The molecule has 3 aromatic rings. The highest BCUT2D eigenvalue weighted by Gasteiger charge is 2.40. The van der Waals surface area contributed by atoms with Crippen molar-refractivity contribution in [2.24, 2.45) is 11.0 Å². The third kappa shape index (κ3) is 4.03. The summed E-state index contributed by atoms with van der Waals surface area (Å²) < 4.78 is 33.9. The predicted molar refractivity (Wildman–Crippen MR) is 127 cm³/mol. The highest BCUT2D eigenvalue weighted by Crippen LogP contribution is 2.39. The number of ether oxygens (including phenoxy) is 1. The van der Waals surface area contributed by atoms with E-state index in [0.29, 0.717) is 23.8 Å². The summed E-state index contributed by atoms with van der Waals surface area (Å²) in [7, 11) is 0. The Morgan fingerprint density at radius 3 is 2.83 bits per heavy atom. The van der Waals surface area contributed by atoms with Crippen LogP contribution >= 0.6 is 0 Å². The van der Waals surface area contributed by atoms with Gasteiger partial charge in [-0.15, -0.1) is 0 Å². The van der Waals surface area contributed by atoms with Gasteiger partial charge in [-0.2, -0.15) is 10.1 Å². The molecule has 178 valence electrons. The molecule has 7 nitrogen and oxygen atoms in total. The van der Waals surface area contributed by atoms with Crippen molar-refractivity contribution in [3.63, 3.8) is 0 Å². The largest absolute Gasteiger partial charge is 0.488 e. The zero-order valence-corrected chi connectivity index (χ0v) is 19.1. The number of nitrogens with zero attached hydrogens (tertiary/aromatic N) is 3. The minimum absolute atomic E-state index is 0.188. The molecule has 1 atom stereocenters. The van der Waals surface area contributed by atoms with Crippen LogP contribution in [0.15, 0.2) is 65.9 Å². The molecule has 3 heterocycles. The van der Waals surface area contributed by atoms with Crippen molar-refractivity contribution in [2.45, 2.75) is 32.8 Å². The van der Waals surface area contributed by atoms with Crippen LogP contribution in [0.1, 0.15) is 31.4 Å². The summed E-state index contributed by atoms with van der Waals surface area (Å²) in [5.74, 6) is -4.72. The van der Waals surface area contributed by atoms with Gasteiger partial charge in [0.15, 0.2) is 5.92 Å². The first-order chi connectivity index (χ1) is 16.8. The summed E-state index contributed by atoms with van der Waals surface area (Å²) in [6, 6.07) is 14.4. The second-order valence-corrected chi connectivity index (χ2v) is 8.43. The fraction of sp³-hybridized carbons (Fsp3) is 0.231. The number of hydrazone groups is 1. The minimum atomic E-state index is -3.01. The summed E-state index contributed by atoms with van der Waals surface area (Å²) in [5, 5.41) is 8.08. The van der Waals surface area contributed by atoms with E-state index in [4.69, 9.17) is 4.74 Å². The number of alkyl halides is 2. The number of rotatable bonds is 5. The van der Waals surface area contributed by atoms with Gasteiger partial charge in [0.05, 0.1) is 17.1 Å². The molecule has 9 heteroatoms. The molecule has 1 N–H and O–H groups in total. The van der Waals surface area contributed by atoms with Crippen molar-refractivity contribution in [3.8, 4) is 17.0 Å². The number of aromatic nitrogens is 1. The van der Waals surface area contributed by atoms with E-state index in [-0.39, 0.29) is 17.7 Å². The second kappa shape index (κ2) is 8.57. The number of halogens is 2. The van der Waals surface area contributed by atoms with Gasteiger partial charge in [0.2, 0.25) is 5.91 Å². The summed E-state index contributed by atoms with van der Waals surface area (Å²) in [6.45, 7) is 3.38. The van der Waals surface area contributed by atoms with Gasteiger partial charge >= 0.3 is 0 Å². The van der Waals surface area contributed by atoms with Crippen LogP contribution in [-0.2, 0) is 22.1 Å². The SMILES string of the molecule is CCC(F)(F)c1cccc(NC(=O)C2C(=O)N(c3ccc4c(c3)-c3ncccc3CO4)N=C2C)c1. The summed E-state index contributed by atoms with van der Waals surface area (Å²) in [4.78, 5) is 30.6. The Morgan fingerprint density at radius 2 is 2.03 bits per heavy atom. The lowest BCUT2D eigenvalue weighted by atomic mass is 10.0. The van der Waals surface area contributed by atoms with Crippen LogP contribution in [0.25, 0.3) is 11.3 Å². The van der Waals surface area contributed by atoms with Crippen molar-refractivity contribution in [1.29, 1.82) is 0 Å². The highest BCUT2D eigenvalue weighted by atomic mass is 19.3. The molecule has 0 bridgehead atoms. The van der Waals surface area contributed by atoms with Crippen LogP contribution < -0.4 is 15.1 Å². The highest BCUT2D eigenvalue weighted by molar-refractivity contribution is 6.28. The average Bonchev–Trinajstić information content (AvgIpc) is 3.17. The maximum absolute atomic E-state index is 14.1. The smallest absolute Gasteiger partial charge is 0.273 e. The predicted octanol–water partition coefficient (Wildman–Crippen LogP) is 5.12. The van der Waals surface area contributed by atoms with Crippen molar-refractivity contribution in [2.75, 3.05) is 10.3 Å². The van der Waals surface area contributed by atoms with Gasteiger partial charge in [-0.25, -0.2) is 8.78 Å². The minimum Gasteiger partial charge on any atom is -0.488 e. The Bertz CT molecular complexity index is 1370. The lowest BCUT2D eigenvalue weighted by molar-refractivity contribution is -0.127. The molecule has 0 fully saturated rings. The van der Waals surface area contributed by atoms with E-state index in [0.717, 1.165) is 16.8 Å². The number of pyridine rings is 1. The number of hydrogen-bond donors (Lipinski definition) is 1. The second-order valence-electron chi connectivity index (χ2n) is 8.43.